The fourth-order valence-corrected chi connectivity index (χ4v) is 3.50. The Hall–Kier alpha value is -1.79. The summed E-state index contributed by atoms with van der Waals surface area (Å²) in [4.78, 5) is 16.2. The number of hydrogen-bond acceptors (Lipinski definition) is 5. The molecule has 1 saturated heterocycles. The molecule has 128 valence electrons. The van der Waals surface area contributed by atoms with E-state index in [2.05, 4.69) is 18.0 Å². The van der Waals surface area contributed by atoms with Gasteiger partial charge in [0, 0.05) is 23.8 Å². The lowest BCUT2D eigenvalue weighted by Crippen LogP contribution is -2.14. The third kappa shape index (κ3) is 4.19. The monoisotopic (exact) mass is 346 g/mol. The van der Waals surface area contributed by atoms with Crippen LogP contribution >= 0.6 is 11.8 Å². The van der Waals surface area contributed by atoms with Gasteiger partial charge in [-0.1, -0.05) is 30.8 Å². The molecule has 0 spiro atoms. The lowest BCUT2D eigenvalue weighted by atomic mass is 10.1. The van der Waals surface area contributed by atoms with Crippen LogP contribution in [0.25, 0.3) is 11.0 Å². The molecule has 2 N–H and O–H groups in total. The van der Waals surface area contributed by atoms with Crippen molar-refractivity contribution in [1.29, 1.82) is 0 Å². The topological polar surface area (TPSA) is 77.8 Å². The predicted molar refractivity (Wildman–Crippen MR) is 98.6 cm³/mol. The summed E-state index contributed by atoms with van der Waals surface area (Å²) in [6, 6.07) is 7.53. The number of rotatable bonds is 5. The van der Waals surface area contributed by atoms with Gasteiger partial charge in [0.2, 0.25) is 0 Å². The Labute approximate surface area is 145 Å². The molecule has 1 atom stereocenters. The number of ether oxygens (including phenoxy) is 1. The Kier molecular flexibility index (Phi) is 5.58. The zero-order valence-corrected chi connectivity index (χ0v) is 14.6. The number of nitrogens with zero attached hydrogens (tertiary/aromatic N) is 1. The molecule has 0 radical (unpaired) electrons. The van der Waals surface area contributed by atoms with Crippen LogP contribution in [0.2, 0.25) is 0 Å². The van der Waals surface area contributed by atoms with Crippen molar-refractivity contribution in [2.75, 3.05) is 13.2 Å². The van der Waals surface area contributed by atoms with Gasteiger partial charge in [-0.25, -0.2) is 4.79 Å². The number of thioether (sulfide) groups is 1. The third-order valence-electron chi connectivity index (χ3n) is 4.15. The van der Waals surface area contributed by atoms with Crippen LogP contribution in [0.3, 0.4) is 0 Å². The Morgan fingerprint density at radius 1 is 1.42 bits per heavy atom. The van der Waals surface area contributed by atoms with Crippen LogP contribution in [-0.2, 0) is 16.9 Å². The van der Waals surface area contributed by atoms with E-state index in [9.17, 15) is 4.79 Å². The van der Waals surface area contributed by atoms with Gasteiger partial charge in [0.25, 0.3) is 0 Å². The van der Waals surface area contributed by atoms with Crippen molar-refractivity contribution in [2.45, 2.75) is 38.0 Å². The molecule has 1 aliphatic heterocycles. The fraction of sp³-hybridized carbons (Fsp3) is 0.444. The number of hydrogen-bond donors (Lipinski definition) is 1. The summed E-state index contributed by atoms with van der Waals surface area (Å²) >= 11 is 1.44. The summed E-state index contributed by atoms with van der Waals surface area (Å²) < 4.78 is 10.9. The number of amidine groups is 1. The SMILES string of the molecule is CCc1ccc2c(CSC(N)=NC[C@@H]3CCCO3)cc(=O)oc2c1. The Balaban J connectivity index is 1.72. The number of aliphatic imine (C=N–C) groups is 1. The minimum atomic E-state index is -0.332. The van der Waals surface area contributed by atoms with Crippen molar-refractivity contribution in [3.63, 3.8) is 0 Å². The quantitative estimate of drug-likeness (QED) is 0.511. The molecule has 2 aromatic rings. The van der Waals surface area contributed by atoms with Crippen LogP contribution in [-0.4, -0.2) is 24.4 Å². The smallest absolute Gasteiger partial charge is 0.336 e. The van der Waals surface area contributed by atoms with E-state index in [0.717, 1.165) is 42.4 Å². The average molecular weight is 346 g/mol. The van der Waals surface area contributed by atoms with Crippen molar-refractivity contribution in [1.82, 2.24) is 0 Å². The number of aryl methyl sites for hydroxylation is 1. The number of fused-ring (bicyclic) bond motifs is 1. The second kappa shape index (κ2) is 7.85. The Morgan fingerprint density at radius 2 is 2.29 bits per heavy atom. The van der Waals surface area contributed by atoms with Crippen LogP contribution < -0.4 is 11.4 Å². The molecule has 0 amide bonds. The second-order valence-electron chi connectivity index (χ2n) is 5.88. The minimum Gasteiger partial charge on any atom is -0.423 e. The highest BCUT2D eigenvalue weighted by Crippen LogP contribution is 2.23. The van der Waals surface area contributed by atoms with Crippen LogP contribution in [0.4, 0.5) is 0 Å². The fourth-order valence-electron chi connectivity index (χ4n) is 2.79. The van der Waals surface area contributed by atoms with E-state index in [1.54, 1.807) is 0 Å². The molecule has 1 aromatic carbocycles. The largest absolute Gasteiger partial charge is 0.423 e. The lowest BCUT2D eigenvalue weighted by Gasteiger charge is -2.08. The minimum absolute atomic E-state index is 0.196. The van der Waals surface area contributed by atoms with E-state index in [0.29, 0.717) is 23.0 Å². The zero-order valence-electron chi connectivity index (χ0n) is 13.8. The van der Waals surface area contributed by atoms with E-state index in [-0.39, 0.29) is 11.7 Å². The molecule has 24 heavy (non-hydrogen) atoms. The van der Waals surface area contributed by atoms with E-state index >= 15 is 0 Å². The second-order valence-corrected chi connectivity index (χ2v) is 6.87. The lowest BCUT2D eigenvalue weighted by molar-refractivity contribution is 0.118. The maximum absolute atomic E-state index is 11.8. The first-order valence-electron chi connectivity index (χ1n) is 8.25. The van der Waals surface area contributed by atoms with Gasteiger partial charge >= 0.3 is 5.63 Å². The average Bonchev–Trinajstić information content (AvgIpc) is 3.10. The molecule has 0 unspecified atom stereocenters. The highest BCUT2D eigenvalue weighted by molar-refractivity contribution is 8.13. The highest BCUT2D eigenvalue weighted by Gasteiger charge is 2.14. The van der Waals surface area contributed by atoms with Crippen LogP contribution in [0, 0.1) is 0 Å². The molecule has 0 aliphatic carbocycles. The predicted octanol–water partition coefficient (Wildman–Crippen LogP) is 3.08. The standard InChI is InChI=1S/C18H22N2O3S/c1-2-12-5-6-15-13(9-17(21)23-16(15)8-12)11-24-18(19)20-10-14-4-3-7-22-14/h5-6,8-9,14H,2-4,7,10-11H2,1H3,(H2,19,20)/t14-/m0/s1. The van der Waals surface area contributed by atoms with Gasteiger partial charge < -0.3 is 14.9 Å². The van der Waals surface area contributed by atoms with Crippen molar-refractivity contribution < 1.29 is 9.15 Å². The summed E-state index contributed by atoms with van der Waals surface area (Å²) in [5, 5.41) is 1.48. The Bertz CT molecular complexity index is 794. The van der Waals surface area contributed by atoms with Gasteiger partial charge in [-0.05, 0) is 36.5 Å². The molecular weight excluding hydrogens is 324 g/mol. The van der Waals surface area contributed by atoms with Gasteiger partial charge in [0.1, 0.15) is 5.58 Å². The normalized spacial score (nSPS) is 18.4. The molecule has 0 bridgehead atoms. The zero-order chi connectivity index (χ0) is 16.9. The maximum atomic E-state index is 11.8. The molecule has 3 rings (SSSR count). The highest BCUT2D eigenvalue weighted by atomic mass is 32.2. The maximum Gasteiger partial charge on any atom is 0.336 e. The molecule has 0 saturated carbocycles. The molecule has 2 heterocycles. The Morgan fingerprint density at radius 3 is 3.04 bits per heavy atom. The molecule has 6 heteroatoms. The first-order chi connectivity index (χ1) is 11.7. The summed E-state index contributed by atoms with van der Waals surface area (Å²) in [6.45, 7) is 3.50. The summed E-state index contributed by atoms with van der Waals surface area (Å²) in [6.07, 6.45) is 3.24. The van der Waals surface area contributed by atoms with E-state index < -0.39 is 0 Å². The van der Waals surface area contributed by atoms with Crippen molar-refractivity contribution in [3.8, 4) is 0 Å². The van der Waals surface area contributed by atoms with Gasteiger partial charge in [0.15, 0.2) is 5.17 Å². The van der Waals surface area contributed by atoms with Gasteiger partial charge in [0.05, 0.1) is 12.6 Å². The van der Waals surface area contributed by atoms with Gasteiger partial charge in [-0.2, -0.15) is 0 Å². The first-order valence-corrected chi connectivity index (χ1v) is 9.24. The van der Waals surface area contributed by atoms with Crippen molar-refractivity contribution >= 4 is 27.9 Å². The van der Waals surface area contributed by atoms with E-state index in [1.165, 1.54) is 17.8 Å². The van der Waals surface area contributed by atoms with Crippen LogP contribution in [0.1, 0.15) is 30.9 Å². The van der Waals surface area contributed by atoms with Crippen LogP contribution in [0.5, 0.6) is 0 Å². The van der Waals surface area contributed by atoms with E-state index in [1.807, 2.05) is 12.1 Å². The number of nitrogens with two attached hydrogens (primary N) is 1. The molecule has 1 fully saturated rings. The van der Waals surface area contributed by atoms with Crippen LogP contribution in [0.15, 0.2) is 38.5 Å². The third-order valence-corrected chi connectivity index (χ3v) is 5.03. The summed E-state index contributed by atoms with van der Waals surface area (Å²) in [7, 11) is 0. The van der Waals surface area contributed by atoms with E-state index in [4.69, 9.17) is 14.9 Å². The summed E-state index contributed by atoms with van der Waals surface area (Å²) in [5.74, 6) is 0.592. The van der Waals surface area contributed by atoms with Gasteiger partial charge in [-0.3, -0.25) is 4.99 Å². The summed E-state index contributed by atoms with van der Waals surface area (Å²) in [5.41, 5.74) is 8.35. The van der Waals surface area contributed by atoms with Crippen molar-refractivity contribution in [3.05, 3.63) is 45.8 Å². The molecular formula is C18H22N2O3S. The van der Waals surface area contributed by atoms with Gasteiger partial charge in [-0.15, -0.1) is 0 Å². The van der Waals surface area contributed by atoms with Crippen molar-refractivity contribution in [2.24, 2.45) is 10.7 Å². The molecule has 1 aliphatic rings. The number of benzene rings is 1. The molecule has 1 aromatic heterocycles. The first kappa shape index (κ1) is 17.0. The molecule has 5 nitrogen and oxygen atoms in total.